The average Bonchev–Trinajstić information content (AvgIpc) is 2.66. The summed E-state index contributed by atoms with van der Waals surface area (Å²) >= 11 is 0. The van der Waals surface area contributed by atoms with Crippen LogP contribution < -0.4 is 14.4 Å². The first-order chi connectivity index (χ1) is 13.7. The molecule has 1 atom stereocenters. The summed E-state index contributed by atoms with van der Waals surface area (Å²) < 4.78 is 31.6. The van der Waals surface area contributed by atoms with Gasteiger partial charge in [0.05, 0.1) is 18.0 Å². The van der Waals surface area contributed by atoms with Crippen molar-refractivity contribution >= 4 is 21.6 Å². The third-order valence-corrected chi connectivity index (χ3v) is 5.84. The van der Waals surface area contributed by atoms with Crippen molar-refractivity contribution in [3.8, 4) is 5.75 Å². The number of hydrogen-bond acceptors (Lipinski definition) is 4. The van der Waals surface area contributed by atoms with Gasteiger partial charge in [0, 0.05) is 13.0 Å². The van der Waals surface area contributed by atoms with Crippen molar-refractivity contribution in [3.63, 3.8) is 0 Å². The summed E-state index contributed by atoms with van der Waals surface area (Å²) in [5, 5.41) is 2.89. The quantitative estimate of drug-likeness (QED) is 0.641. The van der Waals surface area contributed by atoms with E-state index in [-0.39, 0.29) is 24.9 Å². The predicted molar refractivity (Wildman–Crippen MR) is 117 cm³/mol. The highest BCUT2D eigenvalue weighted by atomic mass is 32.2. The summed E-state index contributed by atoms with van der Waals surface area (Å²) in [7, 11) is -3.44. The minimum Gasteiger partial charge on any atom is -0.491 e. The maximum absolute atomic E-state index is 12.3. The molecule has 0 aromatic heterocycles. The van der Waals surface area contributed by atoms with Gasteiger partial charge >= 0.3 is 0 Å². The molecule has 2 rings (SSSR count). The average molecular weight is 419 g/mol. The zero-order valence-electron chi connectivity index (χ0n) is 17.5. The van der Waals surface area contributed by atoms with Gasteiger partial charge in [-0.05, 0) is 56.5 Å². The van der Waals surface area contributed by atoms with Crippen molar-refractivity contribution in [3.05, 3.63) is 59.7 Å². The number of rotatable bonds is 10. The van der Waals surface area contributed by atoms with Crippen molar-refractivity contribution in [2.24, 2.45) is 0 Å². The first-order valence-electron chi connectivity index (χ1n) is 9.69. The predicted octanol–water partition coefficient (Wildman–Crippen LogP) is 3.43. The molecule has 1 N–H and O–H groups in total. The van der Waals surface area contributed by atoms with Crippen LogP contribution in [0.5, 0.6) is 5.75 Å². The van der Waals surface area contributed by atoms with Crippen LogP contribution in [0, 0.1) is 13.8 Å². The zero-order valence-corrected chi connectivity index (χ0v) is 18.3. The van der Waals surface area contributed by atoms with E-state index in [0.717, 1.165) is 16.9 Å². The lowest BCUT2D eigenvalue weighted by atomic mass is 10.1. The molecule has 29 heavy (non-hydrogen) atoms. The van der Waals surface area contributed by atoms with Crippen LogP contribution in [0.2, 0.25) is 0 Å². The number of carbonyl (C=O) groups is 1. The van der Waals surface area contributed by atoms with Gasteiger partial charge in [0.2, 0.25) is 15.9 Å². The van der Waals surface area contributed by atoms with E-state index >= 15 is 0 Å². The molecule has 0 spiro atoms. The van der Waals surface area contributed by atoms with Crippen LogP contribution in [-0.2, 0) is 14.8 Å². The van der Waals surface area contributed by atoms with Crippen LogP contribution in [0.1, 0.15) is 30.9 Å². The second-order valence-electron chi connectivity index (χ2n) is 7.25. The second-order valence-corrected chi connectivity index (χ2v) is 9.16. The molecule has 0 saturated carbocycles. The molecule has 0 bridgehead atoms. The van der Waals surface area contributed by atoms with E-state index < -0.39 is 10.0 Å². The summed E-state index contributed by atoms with van der Waals surface area (Å²) in [5.41, 5.74) is 2.62. The fourth-order valence-corrected chi connectivity index (χ4v) is 4.00. The van der Waals surface area contributed by atoms with E-state index in [4.69, 9.17) is 4.74 Å². The number of ether oxygens (including phenoxy) is 1. The molecule has 2 aromatic carbocycles. The number of nitrogens with one attached hydrogen (secondary N) is 1. The number of amides is 1. The Bertz CT molecular complexity index is 914. The van der Waals surface area contributed by atoms with Crippen molar-refractivity contribution in [2.75, 3.05) is 23.7 Å². The monoisotopic (exact) mass is 418 g/mol. The molecule has 6 nitrogen and oxygen atoms in total. The molecule has 7 heteroatoms. The molecular formula is C22H30N2O4S. The van der Waals surface area contributed by atoms with Gasteiger partial charge in [0.25, 0.3) is 0 Å². The molecule has 1 amide bonds. The van der Waals surface area contributed by atoms with Crippen LogP contribution in [0.15, 0.2) is 48.5 Å². The number of benzene rings is 2. The van der Waals surface area contributed by atoms with E-state index in [1.54, 1.807) is 6.07 Å². The summed E-state index contributed by atoms with van der Waals surface area (Å²) in [6.45, 7) is 6.36. The summed E-state index contributed by atoms with van der Waals surface area (Å²) in [5.74, 6) is 0.634. The van der Waals surface area contributed by atoms with Crippen LogP contribution in [0.25, 0.3) is 0 Å². The first-order valence-corrected chi connectivity index (χ1v) is 11.5. The Kier molecular flexibility index (Phi) is 8.08. The highest BCUT2D eigenvalue weighted by Crippen LogP contribution is 2.25. The van der Waals surface area contributed by atoms with Gasteiger partial charge in [-0.15, -0.1) is 0 Å². The summed E-state index contributed by atoms with van der Waals surface area (Å²) in [6.07, 6.45) is 1.86. The Morgan fingerprint density at radius 2 is 1.79 bits per heavy atom. The SMILES string of the molecule is Cc1cccc(N(CCCC(=O)N[C@H](C)COc2ccccc2)S(C)(=O)=O)c1C. The Hall–Kier alpha value is -2.54. The number of anilines is 1. The fraction of sp³-hybridized carbons (Fsp3) is 0.409. The molecule has 2 aromatic rings. The third kappa shape index (κ3) is 7.09. The van der Waals surface area contributed by atoms with E-state index in [2.05, 4.69) is 5.32 Å². The molecular weight excluding hydrogens is 388 g/mol. The normalized spacial score (nSPS) is 12.3. The Balaban J connectivity index is 1.85. The molecule has 0 saturated heterocycles. The molecule has 0 radical (unpaired) electrons. The smallest absolute Gasteiger partial charge is 0.232 e. The second kappa shape index (κ2) is 10.3. The molecule has 0 aliphatic carbocycles. The first kappa shape index (κ1) is 22.7. The fourth-order valence-electron chi connectivity index (χ4n) is 2.98. The maximum Gasteiger partial charge on any atom is 0.232 e. The van der Waals surface area contributed by atoms with Crippen LogP contribution in [-0.4, -0.2) is 39.8 Å². The number of nitrogens with zero attached hydrogens (tertiary/aromatic N) is 1. The van der Waals surface area contributed by atoms with Crippen molar-refractivity contribution < 1.29 is 17.9 Å². The number of aryl methyl sites for hydroxylation is 1. The lowest BCUT2D eigenvalue weighted by molar-refractivity contribution is -0.121. The van der Waals surface area contributed by atoms with Gasteiger partial charge < -0.3 is 10.1 Å². The number of para-hydroxylation sites is 1. The Morgan fingerprint density at radius 1 is 1.10 bits per heavy atom. The van der Waals surface area contributed by atoms with Crippen LogP contribution in [0.4, 0.5) is 5.69 Å². The van der Waals surface area contributed by atoms with Gasteiger partial charge in [-0.25, -0.2) is 8.42 Å². The van der Waals surface area contributed by atoms with Crippen LogP contribution in [0.3, 0.4) is 0 Å². The van der Waals surface area contributed by atoms with Gasteiger partial charge in [-0.2, -0.15) is 0 Å². The number of sulfonamides is 1. The minimum atomic E-state index is -3.44. The zero-order chi connectivity index (χ0) is 21.4. The van der Waals surface area contributed by atoms with E-state index in [1.807, 2.05) is 63.2 Å². The van der Waals surface area contributed by atoms with Gasteiger partial charge in [0.1, 0.15) is 12.4 Å². The Morgan fingerprint density at radius 3 is 2.45 bits per heavy atom. The largest absolute Gasteiger partial charge is 0.491 e. The number of hydrogen-bond donors (Lipinski definition) is 1. The van der Waals surface area contributed by atoms with Gasteiger partial charge in [-0.1, -0.05) is 30.3 Å². The standard InChI is InChI=1S/C22H30N2O4S/c1-17-10-8-13-21(19(17)3)24(29(4,26)27)15-9-14-22(25)23-18(2)16-28-20-11-6-5-7-12-20/h5-8,10-13,18H,9,14-16H2,1-4H3,(H,23,25)/t18-/m1/s1. The van der Waals surface area contributed by atoms with Gasteiger partial charge in [0.15, 0.2) is 0 Å². The van der Waals surface area contributed by atoms with Gasteiger partial charge in [-0.3, -0.25) is 9.10 Å². The maximum atomic E-state index is 12.3. The van der Waals surface area contributed by atoms with Crippen molar-refractivity contribution in [2.45, 2.75) is 39.7 Å². The molecule has 0 unspecified atom stereocenters. The molecule has 0 aliphatic heterocycles. The van der Waals surface area contributed by atoms with E-state index in [1.165, 1.54) is 10.6 Å². The minimum absolute atomic E-state index is 0.122. The summed E-state index contributed by atoms with van der Waals surface area (Å²) in [4.78, 5) is 12.2. The lowest BCUT2D eigenvalue weighted by Gasteiger charge is -2.25. The number of carbonyl (C=O) groups excluding carboxylic acids is 1. The topological polar surface area (TPSA) is 75.7 Å². The van der Waals surface area contributed by atoms with Crippen molar-refractivity contribution in [1.29, 1.82) is 0 Å². The molecule has 0 aliphatic rings. The van der Waals surface area contributed by atoms with E-state index in [0.29, 0.717) is 18.7 Å². The van der Waals surface area contributed by atoms with Crippen molar-refractivity contribution in [1.82, 2.24) is 5.32 Å². The highest BCUT2D eigenvalue weighted by Gasteiger charge is 2.20. The molecule has 0 fully saturated rings. The van der Waals surface area contributed by atoms with E-state index in [9.17, 15) is 13.2 Å². The summed E-state index contributed by atoms with van der Waals surface area (Å²) in [6, 6.07) is 14.9. The Labute approximate surface area is 173 Å². The highest BCUT2D eigenvalue weighted by molar-refractivity contribution is 7.92. The molecule has 158 valence electrons. The van der Waals surface area contributed by atoms with Crippen LogP contribution >= 0.6 is 0 Å². The third-order valence-electron chi connectivity index (χ3n) is 4.66. The molecule has 0 heterocycles. The lowest BCUT2D eigenvalue weighted by Crippen LogP contribution is -2.37.